The second-order valence-electron chi connectivity index (χ2n) is 7.11. The lowest BCUT2D eigenvalue weighted by molar-refractivity contribution is 0.227. The monoisotopic (exact) mass is 342 g/mol. The molecule has 1 aromatic heterocycles. The Morgan fingerprint density at radius 3 is 2.48 bits per heavy atom. The second kappa shape index (κ2) is 6.91. The number of hydrogen-bond donors (Lipinski definition) is 1. The lowest BCUT2D eigenvalue weighted by atomic mass is 10.00. The Balaban J connectivity index is 2.45. The van der Waals surface area contributed by atoms with Gasteiger partial charge in [-0.15, -0.1) is 0 Å². The zero-order chi connectivity index (χ0) is 17.4. The number of nitrogens with two attached hydrogens (primary N) is 1. The number of sulfonamides is 1. The van der Waals surface area contributed by atoms with Crippen LogP contribution >= 0.6 is 0 Å². The van der Waals surface area contributed by atoms with Crippen LogP contribution in [0.15, 0.2) is 4.90 Å². The lowest BCUT2D eigenvalue weighted by Crippen LogP contribution is -2.51. The molecule has 2 unspecified atom stereocenters. The van der Waals surface area contributed by atoms with E-state index < -0.39 is 10.0 Å². The zero-order valence-corrected chi connectivity index (χ0v) is 15.7. The first-order chi connectivity index (χ1) is 10.7. The summed E-state index contributed by atoms with van der Waals surface area (Å²) >= 11 is 0. The number of piperidine rings is 1. The zero-order valence-electron chi connectivity index (χ0n) is 14.9. The van der Waals surface area contributed by atoms with Gasteiger partial charge in [0, 0.05) is 25.2 Å². The van der Waals surface area contributed by atoms with Crippen LogP contribution < -0.4 is 5.73 Å². The van der Waals surface area contributed by atoms with Crippen molar-refractivity contribution >= 4 is 10.0 Å². The Bertz CT molecular complexity index is 649. The van der Waals surface area contributed by atoms with Crippen LogP contribution in [-0.2, 0) is 16.6 Å². The fourth-order valence-electron chi connectivity index (χ4n) is 3.45. The van der Waals surface area contributed by atoms with Gasteiger partial charge in [-0.3, -0.25) is 4.68 Å². The van der Waals surface area contributed by atoms with Crippen molar-refractivity contribution < 1.29 is 8.42 Å². The van der Waals surface area contributed by atoms with E-state index in [0.29, 0.717) is 23.1 Å². The maximum atomic E-state index is 13.3. The minimum absolute atomic E-state index is 0.124. The number of rotatable bonds is 5. The SMILES string of the molecule is Cc1nn(CC(C)C)c(C)c1S(=O)(=O)N1CCCCC1C(C)N. The van der Waals surface area contributed by atoms with Gasteiger partial charge in [-0.2, -0.15) is 9.40 Å². The van der Waals surface area contributed by atoms with E-state index in [1.165, 1.54) is 0 Å². The summed E-state index contributed by atoms with van der Waals surface area (Å²) in [7, 11) is -3.56. The number of hydrogen-bond acceptors (Lipinski definition) is 4. The Labute approximate surface area is 140 Å². The van der Waals surface area contributed by atoms with Gasteiger partial charge in [0.25, 0.3) is 0 Å². The molecule has 132 valence electrons. The first-order valence-electron chi connectivity index (χ1n) is 8.47. The van der Waals surface area contributed by atoms with Crippen LogP contribution in [-0.4, -0.2) is 41.1 Å². The highest BCUT2D eigenvalue weighted by molar-refractivity contribution is 7.89. The van der Waals surface area contributed by atoms with Crippen molar-refractivity contribution in [2.75, 3.05) is 6.54 Å². The van der Waals surface area contributed by atoms with Crippen LogP contribution in [0.4, 0.5) is 0 Å². The van der Waals surface area contributed by atoms with Gasteiger partial charge < -0.3 is 5.73 Å². The highest BCUT2D eigenvalue weighted by Crippen LogP contribution is 2.30. The first kappa shape index (κ1) is 18.4. The Morgan fingerprint density at radius 1 is 1.26 bits per heavy atom. The third kappa shape index (κ3) is 3.61. The molecule has 0 radical (unpaired) electrons. The summed E-state index contributed by atoms with van der Waals surface area (Å²) in [6.45, 7) is 11.0. The molecule has 1 saturated heterocycles. The summed E-state index contributed by atoms with van der Waals surface area (Å²) < 4.78 is 29.9. The van der Waals surface area contributed by atoms with Gasteiger partial charge in [-0.25, -0.2) is 8.42 Å². The average molecular weight is 343 g/mol. The number of nitrogens with zero attached hydrogens (tertiary/aromatic N) is 3. The number of aromatic nitrogens is 2. The highest BCUT2D eigenvalue weighted by atomic mass is 32.2. The molecule has 1 aromatic rings. The van der Waals surface area contributed by atoms with Crippen LogP contribution in [0.25, 0.3) is 0 Å². The van der Waals surface area contributed by atoms with Crippen molar-refractivity contribution in [3.05, 3.63) is 11.4 Å². The van der Waals surface area contributed by atoms with E-state index in [9.17, 15) is 8.42 Å². The van der Waals surface area contributed by atoms with Crippen LogP contribution in [0.5, 0.6) is 0 Å². The van der Waals surface area contributed by atoms with Gasteiger partial charge in [0.1, 0.15) is 4.90 Å². The van der Waals surface area contributed by atoms with Gasteiger partial charge in [0.05, 0.1) is 11.4 Å². The van der Waals surface area contributed by atoms with E-state index in [2.05, 4.69) is 18.9 Å². The topological polar surface area (TPSA) is 81.2 Å². The van der Waals surface area contributed by atoms with Gasteiger partial charge in [-0.05, 0) is 39.5 Å². The second-order valence-corrected chi connectivity index (χ2v) is 8.94. The van der Waals surface area contributed by atoms with Gasteiger partial charge in [0.15, 0.2) is 0 Å². The molecular formula is C16H30N4O2S. The normalized spacial score (nSPS) is 21.8. The third-order valence-corrected chi connectivity index (χ3v) is 6.70. The molecule has 7 heteroatoms. The van der Waals surface area contributed by atoms with Crippen molar-refractivity contribution in [1.29, 1.82) is 0 Å². The molecule has 1 aliphatic heterocycles. The molecule has 0 amide bonds. The predicted molar refractivity (Wildman–Crippen MR) is 91.7 cm³/mol. The first-order valence-corrected chi connectivity index (χ1v) is 9.91. The third-order valence-electron chi connectivity index (χ3n) is 4.53. The van der Waals surface area contributed by atoms with E-state index >= 15 is 0 Å². The predicted octanol–water partition coefficient (Wildman–Crippen LogP) is 2.05. The molecule has 0 spiro atoms. The fourth-order valence-corrected chi connectivity index (χ4v) is 5.60. The van der Waals surface area contributed by atoms with Crippen molar-refractivity contribution in [1.82, 2.24) is 14.1 Å². The summed E-state index contributed by atoms with van der Waals surface area (Å²) in [5, 5.41) is 4.46. The van der Waals surface area contributed by atoms with Crippen LogP contribution in [0.1, 0.15) is 51.4 Å². The lowest BCUT2D eigenvalue weighted by Gasteiger charge is -2.36. The molecule has 0 aromatic carbocycles. The summed E-state index contributed by atoms with van der Waals surface area (Å²) in [5.74, 6) is 0.412. The molecule has 0 aliphatic carbocycles. The van der Waals surface area contributed by atoms with E-state index in [1.54, 1.807) is 11.2 Å². The molecule has 6 nitrogen and oxygen atoms in total. The highest BCUT2D eigenvalue weighted by Gasteiger charge is 2.38. The number of aryl methyl sites for hydroxylation is 1. The van der Waals surface area contributed by atoms with Crippen LogP contribution in [0.2, 0.25) is 0 Å². The standard InChI is InChI=1S/C16H30N4O2S/c1-11(2)10-19-14(5)16(13(4)18-19)23(21,22)20-9-7-6-8-15(20)12(3)17/h11-12,15H,6-10,17H2,1-5H3. The van der Waals surface area contributed by atoms with Crippen molar-refractivity contribution in [3.63, 3.8) is 0 Å². The van der Waals surface area contributed by atoms with Crippen LogP contribution in [0, 0.1) is 19.8 Å². The minimum Gasteiger partial charge on any atom is -0.326 e. The van der Waals surface area contributed by atoms with E-state index in [4.69, 9.17) is 5.73 Å². The Kier molecular flexibility index (Phi) is 5.53. The minimum atomic E-state index is -3.56. The van der Waals surface area contributed by atoms with Gasteiger partial charge in [0.2, 0.25) is 10.0 Å². The molecule has 1 aliphatic rings. The van der Waals surface area contributed by atoms with E-state index in [0.717, 1.165) is 31.5 Å². The molecule has 0 saturated carbocycles. The molecule has 2 atom stereocenters. The Hall–Kier alpha value is -0.920. The fraction of sp³-hybridized carbons (Fsp3) is 0.812. The average Bonchev–Trinajstić information content (AvgIpc) is 2.73. The molecule has 23 heavy (non-hydrogen) atoms. The summed E-state index contributed by atoms with van der Waals surface area (Å²) in [5.41, 5.74) is 7.36. The summed E-state index contributed by atoms with van der Waals surface area (Å²) in [6.07, 6.45) is 2.75. The molecule has 2 N–H and O–H groups in total. The molecule has 2 rings (SSSR count). The summed E-state index contributed by atoms with van der Waals surface area (Å²) in [6, 6.07) is -0.294. The smallest absolute Gasteiger partial charge is 0.247 e. The molecule has 2 heterocycles. The molecule has 1 fully saturated rings. The van der Waals surface area contributed by atoms with Crippen molar-refractivity contribution in [2.24, 2.45) is 11.7 Å². The van der Waals surface area contributed by atoms with E-state index in [1.807, 2.05) is 18.5 Å². The maximum absolute atomic E-state index is 13.3. The van der Waals surface area contributed by atoms with Crippen molar-refractivity contribution in [2.45, 2.75) is 77.4 Å². The molecule has 0 bridgehead atoms. The van der Waals surface area contributed by atoms with Crippen LogP contribution in [0.3, 0.4) is 0 Å². The Morgan fingerprint density at radius 2 is 1.91 bits per heavy atom. The quantitative estimate of drug-likeness (QED) is 0.888. The largest absolute Gasteiger partial charge is 0.326 e. The van der Waals surface area contributed by atoms with E-state index in [-0.39, 0.29) is 12.1 Å². The summed E-state index contributed by atoms with van der Waals surface area (Å²) in [4.78, 5) is 0.366. The van der Waals surface area contributed by atoms with Crippen molar-refractivity contribution in [3.8, 4) is 0 Å². The van der Waals surface area contributed by atoms with Gasteiger partial charge >= 0.3 is 0 Å². The van der Waals surface area contributed by atoms with Gasteiger partial charge in [-0.1, -0.05) is 20.3 Å². The maximum Gasteiger partial charge on any atom is 0.247 e. The molecular weight excluding hydrogens is 312 g/mol.